The van der Waals surface area contributed by atoms with Gasteiger partial charge in [-0.3, -0.25) is 4.21 Å². The number of rotatable bonds is 2. The van der Waals surface area contributed by atoms with Crippen molar-refractivity contribution in [2.45, 2.75) is 43.1 Å². The highest BCUT2D eigenvalue weighted by molar-refractivity contribution is 7.85. The Morgan fingerprint density at radius 3 is 2.91 bits per heavy atom. The van der Waals surface area contributed by atoms with Crippen LogP contribution in [0.25, 0.3) is 0 Å². The predicted octanol–water partition coefficient (Wildman–Crippen LogP) is 2.07. The lowest BCUT2D eigenvalue weighted by Gasteiger charge is -2.24. The van der Waals surface area contributed by atoms with E-state index in [1.165, 1.54) is 12.3 Å². The number of aromatic nitrogens is 1. The highest BCUT2D eigenvalue weighted by Gasteiger charge is 2.33. The van der Waals surface area contributed by atoms with Gasteiger partial charge in [-0.15, -0.1) is 0 Å². The lowest BCUT2D eigenvalue weighted by Crippen LogP contribution is -2.36. The van der Waals surface area contributed by atoms with Crippen molar-refractivity contribution in [1.29, 1.82) is 5.26 Å². The van der Waals surface area contributed by atoms with Gasteiger partial charge < -0.3 is 9.64 Å². The minimum Gasteiger partial charge on any atom is -0.444 e. The first-order valence-corrected chi connectivity index (χ1v) is 8.26. The third-order valence-electron chi connectivity index (χ3n) is 3.17. The summed E-state index contributed by atoms with van der Waals surface area (Å²) in [6.07, 6.45) is 1.72. The van der Waals surface area contributed by atoms with Gasteiger partial charge in [0.25, 0.3) is 0 Å². The molecule has 0 N–H and O–H groups in total. The summed E-state index contributed by atoms with van der Waals surface area (Å²) in [5.74, 6) is 0. The SMILES string of the molecule is CC(C)(C)OC(=O)N1CC[C@@H]([S@](=O)c2cc(C#N)ccn2)C1. The first-order valence-electron chi connectivity index (χ1n) is 7.05. The summed E-state index contributed by atoms with van der Waals surface area (Å²) in [5, 5.41) is 9.08. The number of carbonyl (C=O) groups is 1. The van der Waals surface area contributed by atoms with Crippen molar-refractivity contribution in [3.05, 3.63) is 23.9 Å². The number of pyridine rings is 1. The normalized spacial score (nSPS) is 19.5. The molecule has 7 heteroatoms. The standard InChI is InChI=1S/C15H19N3O3S/c1-15(2,3)21-14(19)18-7-5-12(10-18)22(20)13-8-11(9-16)4-6-17-13/h4,6,8,12H,5,7,10H2,1-3H3/t12-,22+/m1/s1. The maximum Gasteiger partial charge on any atom is 0.410 e. The van der Waals surface area contributed by atoms with Crippen LogP contribution in [0.4, 0.5) is 4.79 Å². The molecule has 6 nitrogen and oxygen atoms in total. The Labute approximate surface area is 132 Å². The van der Waals surface area contributed by atoms with Gasteiger partial charge in [-0.2, -0.15) is 5.26 Å². The van der Waals surface area contributed by atoms with Crippen molar-refractivity contribution < 1.29 is 13.7 Å². The second-order valence-corrected chi connectivity index (χ2v) is 7.81. The Kier molecular flexibility index (Phi) is 4.81. The zero-order chi connectivity index (χ0) is 16.3. The first-order chi connectivity index (χ1) is 10.3. The number of hydrogen-bond acceptors (Lipinski definition) is 5. The van der Waals surface area contributed by atoms with E-state index in [2.05, 4.69) is 4.98 Å². The molecular formula is C15H19N3O3S. The molecule has 1 aromatic rings. The molecule has 0 radical (unpaired) electrons. The smallest absolute Gasteiger partial charge is 0.410 e. The second-order valence-electron chi connectivity index (χ2n) is 6.13. The van der Waals surface area contributed by atoms with Crippen LogP contribution in [0, 0.1) is 11.3 Å². The van der Waals surface area contributed by atoms with Crippen molar-refractivity contribution >= 4 is 16.9 Å². The molecule has 1 aliphatic rings. The van der Waals surface area contributed by atoms with Crippen LogP contribution in [0.2, 0.25) is 0 Å². The highest BCUT2D eigenvalue weighted by Crippen LogP contribution is 2.21. The van der Waals surface area contributed by atoms with Gasteiger partial charge in [0.05, 0.1) is 27.7 Å². The maximum absolute atomic E-state index is 12.5. The molecule has 0 aliphatic carbocycles. The van der Waals surface area contributed by atoms with Crippen molar-refractivity contribution in [2.75, 3.05) is 13.1 Å². The Bertz CT molecular complexity index is 634. The first kappa shape index (κ1) is 16.4. The van der Waals surface area contributed by atoms with Crippen LogP contribution in [-0.2, 0) is 15.5 Å². The van der Waals surface area contributed by atoms with E-state index in [0.717, 1.165) is 0 Å². The topological polar surface area (TPSA) is 83.3 Å². The maximum atomic E-state index is 12.5. The zero-order valence-corrected chi connectivity index (χ0v) is 13.7. The van der Waals surface area contributed by atoms with E-state index in [1.54, 1.807) is 11.0 Å². The Morgan fingerprint density at radius 2 is 2.27 bits per heavy atom. The van der Waals surface area contributed by atoms with Crippen LogP contribution < -0.4 is 0 Å². The molecule has 0 unspecified atom stereocenters. The quantitative estimate of drug-likeness (QED) is 0.832. The number of hydrogen-bond donors (Lipinski definition) is 0. The van der Waals surface area contributed by atoms with Crippen LogP contribution >= 0.6 is 0 Å². The van der Waals surface area contributed by atoms with E-state index in [-0.39, 0.29) is 11.3 Å². The van der Waals surface area contributed by atoms with Gasteiger partial charge in [0.1, 0.15) is 10.6 Å². The fourth-order valence-electron chi connectivity index (χ4n) is 2.16. The number of ether oxygens (including phenoxy) is 1. The summed E-state index contributed by atoms with van der Waals surface area (Å²) in [6, 6.07) is 5.11. The Morgan fingerprint density at radius 1 is 1.55 bits per heavy atom. The summed E-state index contributed by atoms with van der Waals surface area (Å²) in [6.45, 7) is 6.33. The van der Waals surface area contributed by atoms with Crippen LogP contribution in [0.15, 0.2) is 23.4 Å². The van der Waals surface area contributed by atoms with Crippen molar-refractivity contribution in [1.82, 2.24) is 9.88 Å². The zero-order valence-electron chi connectivity index (χ0n) is 12.9. The molecule has 1 amide bonds. The number of nitrogens with zero attached hydrogens (tertiary/aromatic N) is 3. The minimum atomic E-state index is -1.34. The van der Waals surface area contributed by atoms with E-state index in [1.807, 2.05) is 26.8 Å². The van der Waals surface area contributed by atoms with Gasteiger partial charge in [0, 0.05) is 19.3 Å². The second kappa shape index (κ2) is 6.44. The third-order valence-corrected chi connectivity index (χ3v) is 4.80. The molecule has 2 atom stereocenters. The number of likely N-dealkylation sites (tertiary alicyclic amines) is 1. The summed E-state index contributed by atoms with van der Waals surface area (Å²) < 4.78 is 17.9. The van der Waals surface area contributed by atoms with Crippen molar-refractivity contribution in [2.24, 2.45) is 0 Å². The molecular weight excluding hydrogens is 302 g/mol. The van der Waals surface area contributed by atoms with Gasteiger partial charge in [0.15, 0.2) is 0 Å². The molecule has 0 spiro atoms. The fourth-order valence-corrected chi connectivity index (χ4v) is 3.54. The lowest BCUT2D eigenvalue weighted by molar-refractivity contribution is 0.0295. The van der Waals surface area contributed by atoms with Gasteiger partial charge in [-0.05, 0) is 39.3 Å². The average Bonchev–Trinajstić information content (AvgIpc) is 2.94. The van der Waals surface area contributed by atoms with Crippen LogP contribution in [-0.4, -0.2) is 44.1 Å². The monoisotopic (exact) mass is 321 g/mol. The van der Waals surface area contributed by atoms with Crippen molar-refractivity contribution in [3.8, 4) is 6.07 Å². The summed E-state index contributed by atoms with van der Waals surface area (Å²) in [4.78, 5) is 17.7. The molecule has 1 aromatic heterocycles. The van der Waals surface area contributed by atoms with E-state index >= 15 is 0 Å². The molecule has 22 heavy (non-hydrogen) atoms. The molecule has 0 saturated carbocycles. The van der Waals surface area contributed by atoms with Gasteiger partial charge in [0.2, 0.25) is 0 Å². The third kappa shape index (κ3) is 4.04. The van der Waals surface area contributed by atoms with E-state index in [0.29, 0.717) is 30.1 Å². The Balaban J connectivity index is 2.02. The van der Waals surface area contributed by atoms with E-state index in [9.17, 15) is 9.00 Å². The van der Waals surface area contributed by atoms with Crippen LogP contribution in [0.3, 0.4) is 0 Å². The van der Waals surface area contributed by atoms with E-state index in [4.69, 9.17) is 10.00 Å². The lowest BCUT2D eigenvalue weighted by atomic mass is 10.2. The van der Waals surface area contributed by atoms with Crippen LogP contribution in [0.1, 0.15) is 32.8 Å². The Hall–Kier alpha value is -1.94. The molecule has 2 rings (SSSR count). The largest absolute Gasteiger partial charge is 0.444 e. The number of nitriles is 1. The molecule has 0 aromatic carbocycles. The molecule has 0 bridgehead atoms. The summed E-state index contributed by atoms with van der Waals surface area (Å²) in [5.41, 5.74) is -0.114. The summed E-state index contributed by atoms with van der Waals surface area (Å²) >= 11 is 0. The van der Waals surface area contributed by atoms with Gasteiger partial charge >= 0.3 is 6.09 Å². The average molecular weight is 321 g/mol. The number of amides is 1. The van der Waals surface area contributed by atoms with Gasteiger partial charge in [-0.1, -0.05) is 0 Å². The van der Waals surface area contributed by atoms with Crippen molar-refractivity contribution in [3.63, 3.8) is 0 Å². The summed E-state index contributed by atoms with van der Waals surface area (Å²) in [7, 11) is -1.34. The highest BCUT2D eigenvalue weighted by atomic mass is 32.2. The van der Waals surface area contributed by atoms with Gasteiger partial charge in [-0.25, -0.2) is 9.78 Å². The molecule has 2 heterocycles. The number of carbonyl (C=O) groups excluding carboxylic acids is 1. The predicted molar refractivity (Wildman–Crippen MR) is 81.6 cm³/mol. The minimum absolute atomic E-state index is 0.186. The molecule has 1 aliphatic heterocycles. The molecule has 1 saturated heterocycles. The van der Waals surface area contributed by atoms with E-state index < -0.39 is 16.4 Å². The van der Waals surface area contributed by atoms with Crippen LogP contribution in [0.5, 0.6) is 0 Å². The fraction of sp³-hybridized carbons (Fsp3) is 0.533. The molecule has 1 fully saturated rings. The molecule has 118 valence electrons.